The maximum Gasteiger partial charge on any atom is 0.253 e. The second-order valence-corrected chi connectivity index (χ2v) is 7.90. The van der Waals surface area contributed by atoms with Crippen molar-refractivity contribution < 1.29 is 13.2 Å². The van der Waals surface area contributed by atoms with Crippen LogP contribution in [0.25, 0.3) is 5.69 Å². The molecule has 2 heterocycles. The summed E-state index contributed by atoms with van der Waals surface area (Å²) in [6.07, 6.45) is 6.59. The molecule has 0 aliphatic carbocycles. The summed E-state index contributed by atoms with van der Waals surface area (Å²) < 4.78 is 27.3. The van der Waals surface area contributed by atoms with Crippen LogP contribution in [0, 0.1) is 0 Å². The van der Waals surface area contributed by atoms with E-state index in [1.54, 1.807) is 4.90 Å². The van der Waals surface area contributed by atoms with E-state index in [0.29, 0.717) is 18.7 Å². The van der Waals surface area contributed by atoms with Gasteiger partial charge in [0.05, 0.1) is 6.26 Å². The van der Waals surface area contributed by atoms with Gasteiger partial charge in [-0.2, -0.15) is 0 Å². The number of amides is 1. The quantitative estimate of drug-likeness (QED) is 0.914. The second-order valence-electron chi connectivity index (χ2n) is 6.12. The Morgan fingerprint density at radius 3 is 2.46 bits per heavy atom. The van der Waals surface area contributed by atoms with Crippen LogP contribution in [0.2, 0.25) is 0 Å². The molecule has 1 aliphatic heterocycles. The molecule has 2 aromatic rings. The average Bonchev–Trinajstić information content (AvgIpc) is 3.07. The topological polar surface area (TPSA) is 71.4 Å². The molecule has 0 unspecified atom stereocenters. The van der Waals surface area contributed by atoms with Crippen molar-refractivity contribution in [3.8, 4) is 5.69 Å². The number of carbonyl (C=O) groups excluding carboxylic acids is 1. The molecule has 0 radical (unpaired) electrons. The zero-order valence-corrected chi connectivity index (χ0v) is 14.4. The monoisotopic (exact) mass is 347 g/mol. The SMILES string of the molecule is CS(=O)(=O)N[C@H]1CCCN(C(=O)c2ccc(-n3cccc3)cc2)C1. The van der Waals surface area contributed by atoms with Gasteiger partial charge in [0.2, 0.25) is 10.0 Å². The Kier molecular flexibility index (Phi) is 4.73. The summed E-state index contributed by atoms with van der Waals surface area (Å²) in [4.78, 5) is 14.4. The minimum atomic E-state index is -3.26. The third-order valence-corrected chi connectivity index (χ3v) is 4.87. The van der Waals surface area contributed by atoms with E-state index in [1.165, 1.54) is 0 Å². The van der Waals surface area contributed by atoms with E-state index in [1.807, 2.05) is 53.4 Å². The summed E-state index contributed by atoms with van der Waals surface area (Å²) in [5.41, 5.74) is 1.61. The number of likely N-dealkylation sites (tertiary alicyclic amines) is 1. The predicted octanol–water partition coefficient (Wildman–Crippen LogP) is 1.63. The molecule has 128 valence electrons. The van der Waals surface area contributed by atoms with E-state index in [2.05, 4.69) is 4.72 Å². The van der Waals surface area contributed by atoms with Crippen LogP contribution < -0.4 is 4.72 Å². The first-order chi connectivity index (χ1) is 11.4. The Hall–Kier alpha value is -2.12. The largest absolute Gasteiger partial charge is 0.337 e. The standard InChI is InChI=1S/C17H21N3O3S/c1-24(22,23)18-15-5-4-12-20(13-15)17(21)14-6-8-16(9-7-14)19-10-2-3-11-19/h2-3,6-11,15,18H,4-5,12-13H2,1H3/t15-/m0/s1. The van der Waals surface area contributed by atoms with E-state index in [-0.39, 0.29) is 11.9 Å². The molecule has 6 nitrogen and oxygen atoms in total. The summed E-state index contributed by atoms with van der Waals surface area (Å²) >= 11 is 0. The molecule has 24 heavy (non-hydrogen) atoms. The zero-order chi connectivity index (χ0) is 17.2. The number of rotatable bonds is 4. The fourth-order valence-electron chi connectivity index (χ4n) is 3.03. The van der Waals surface area contributed by atoms with Gasteiger partial charge in [0, 0.05) is 42.8 Å². The Morgan fingerprint density at radius 2 is 1.83 bits per heavy atom. The highest BCUT2D eigenvalue weighted by molar-refractivity contribution is 7.88. The van der Waals surface area contributed by atoms with Crippen LogP contribution in [0.15, 0.2) is 48.8 Å². The first-order valence-corrected chi connectivity index (χ1v) is 9.81. The van der Waals surface area contributed by atoms with Crippen LogP contribution in [-0.2, 0) is 10.0 Å². The molecule has 0 bridgehead atoms. The molecular formula is C17H21N3O3S. The van der Waals surface area contributed by atoms with Gasteiger partial charge in [0.1, 0.15) is 0 Å². The number of carbonyl (C=O) groups is 1. The van der Waals surface area contributed by atoms with Crippen molar-refractivity contribution in [2.45, 2.75) is 18.9 Å². The van der Waals surface area contributed by atoms with Crippen LogP contribution in [0.5, 0.6) is 0 Å². The Labute approximate surface area is 142 Å². The first-order valence-electron chi connectivity index (χ1n) is 7.92. The number of hydrogen-bond acceptors (Lipinski definition) is 3. The van der Waals surface area contributed by atoms with Crippen molar-refractivity contribution in [3.05, 3.63) is 54.4 Å². The molecule has 0 spiro atoms. The smallest absolute Gasteiger partial charge is 0.253 e. The lowest BCUT2D eigenvalue weighted by Crippen LogP contribution is -2.49. The fourth-order valence-corrected chi connectivity index (χ4v) is 3.82. The van der Waals surface area contributed by atoms with Crippen LogP contribution in [0.1, 0.15) is 23.2 Å². The summed E-state index contributed by atoms with van der Waals surface area (Å²) in [6, 6.07) is 11.1. The van der Waals surface area contributed by atoms with Crippen molar-refractivity contribution in [3.63, 3.8) is 0 Å². The predicted molar refractivity (Wildman–Crippen MR) is 92.7 cm³/mol. The number of nitrogens with one attached hydrogen (secondary N) is 1. The average molecular weight is 347 g/mol. The molecule has 1 aliphatic rings. The second kappa shape index (κ2) is 6.78. The highest BCUT2D eigenvalue weighted by atomic mass is 32.2. The van der Waals surface area contributed by atoms with Crippen LogP contribution in [-0.4, -0.2) is 49.2 Å². The van der Waals surface area contributed by atoms with E-state index >= 15 is 0 Å². The van der Waals surface area contributed by atoms with Crippen molar-refractivity contribution in [1.82, 2.24) is 14.2 Å². The summed E-state index contributed by atoms with van der Waals surface area (Å²) in [5, 5.41) is 0. The van der Waals surface area contributed by atoms with Gasteiger partial charge in [-0.25, -0.2) is 13.1 Å². The third kappa shape index (κ3) is 4.04. The number of hydrogen-bond donors (Lipinski definition) is 1. The van der Waals surface area contributed by atoms with E-state index in [4.69, 9.17) is 0 Å². The van der Waals surface area contributed by atoms with Crippen molar-refractivity contribution in [2.24, 2.45) is 0 Å². The normalized spacial score (nSPS) is 18.5. The van der Waals surface area contributed by atoms with Gasteiger partial charge in [0.25, 0.3) is 5.91 Å². The van der Waals surface area contributed by atoms with Gasteiger partial charge in [-0.3, -0.25) is 4.79 Å². The molecule has 1 aromatic carbocycles. The summed E-state index contributed by atoms with van der Waals surface area (Å²) in [7, 11) is -3.26. The van der Waals surface area contributed by atoms with Gasteiger partial charge >= 0.3 is 0 Å². The lowest BCUT2D eigenvalue weighted by atomic mass is 10.1. The van der Waals surface area contributed by atoms with Crippen LogP contribution >= 0.6 is 0 Å². The molecule has 1 saturated heterocycles. The molecule has 1 N–H and O–H groups in total. The molecule has 1 amide bonds. The molecule has 1 fully saturated rings. The highest BCUT2D eigenvalue weighted by Gasteiger charge is 2.26. The summed E-state index contributed by atoms with van der Waals surface area (Å²) in [6.45, 7) is 1.06. The van der Waals surface area contributed by atoms with Gasteiger partial charge in [-0.05, 0) is 49.2 Å². The van der Waals surface area contributed by atoms with Crippen molar-refractivity contribution in [2.75, 3.05) is 19.3 Å². The fraction of sp³-hybridized carbons (Fsp3) is 0.353. The Bertz CT molecular complexity index is 798. The maximum atomic E-state index is 12.7. The number of sulfonamides is 1. The van der Waals surface area contributed by atoms with Crippen molar-refractivity contribution in [1.29, 1.82) is 0 Å². The highest BCUT2D eigenvalue weighted by Crippen LogP contribution is 2.16. The lowest BCUT2D eigenvalue weighted by Gasteiger charge is -2.32. The van der Waals surface area contributed by atoms with Gasteiger partial charge < -0.3 is 9.47 Å². The lowest BCUT2D eigenvalue weighted by molar-refractivity contribution is 0.0703. The van der Waals surface area contributed by atoms with Gasteiger partial charge in [-0.15, -0.1) is 0 Å². The molecular weight excluding hydrogens is 326 g/mol. The minimum Gasteiger partial charge on any atom is -0.337 e. The number of nitrogens with zero attached hydrogens (tertiary/aromatic N) is 2. The third-order valence-electron chi connectivity index (χ3n) is 4.11. The summed E-state index contributed by atoms with van der Waals surface area (Å²) in [5.74, 6) is -0.0611. The minimum absolute atomic E-state index is 0.0611. The van der Waals surface area contributed by atoms with Gasteiger partial charge in [0.15, 0.2) is 0 Å². The van der Waals surface area contributed by atoms with Crippen LogP contribution in [0.4, 0.5) is 0 Å². The molecule has 0 saturated carbocycles. The molecule has 1 aromatic heterocycles. The van der Waals surface area contributed by atoms with E-state index in [0.717, 1.165) is 24.8 Å². The van der Waals surface area contributed by atoms with E-state index in [9.17, 15) is 13.2 Å². The number of piperidine rings is 1. The van der Waals surface area contributed by atoms with Crippen molar-refractivity contribution >= 4 is 15.9 Å². The molecule has 3 rings (SSSR count). The Balaban J connectivity index is 1.69. The Morgan fingerprint density at radius 1 is 1.17 bits per heavy atom. The van der Waals surface area contributed by atoms with Gasteiger partial charge in [-0.1, -0.05) is 0 Å². The molecule has 1 atom stereocenters. The first kappa shape index (κ1) is 16.7. The number of aromatic nitrogens is 1. The number of benzene rings is 1. The van der Waals surface area contributed by atoms with E-state index < -0.39 is 10.0 Å². The molecule has 7 heteroatoms. The maximum absolute atomic E-state index is 12.7. The zero-order valence-electron chi connectivity index (χ0n) is 13.6. The van der Waals surface area contributed by atoms with Crippen LogP contribution in [0.3, 0.4) is 0 Å².